The van der Waals surface area contributed by atoms with Crippen LogP contribution in [-0.4, -0.2) is 154 Å². The van der Waals surface area contributed by atoms with Crippen molar-refractivity contribution >= 4 is 48.6 Å². The Balaban J connectivity index is 0.000000373. The molecule has 4 bridgehead atoms. The molecular formula is C37H65BN6O13SU. The first-order valence-corrected chi connectivity index (χ1v) is 21.9. The van der Waals surface area contributed by atoms with E-state index in [1.165, 1.54) is 62.2 Å². The number of amides is 6. The number of esters is 1. The van der Waals surface area contributed by atoms with Crippen LogP contribution in [-0.2, 0) is 42.7 Å². The molecule has 5 saturated heterocycles. The monoisotopic (exact) mass is 1080 g/mol. The number of hydrogen-bond donors (Lipinski definition) is 3. The number of nitrogens with one attached hydrogen (secondary N) is 2. The van der Waals surface area contributed by atoms with Crippen molar-refractivity contribution in [2.45, 2.75) is 160 Å². The number of nitrogens with zero attached hydrogens (tertiary/aromatic N) is 4. The van der Waals surface area contributed by atoms with Crippen LogP contribution in [0.1, 0.15) is 124 Å². The van der Waals surface area contributed by atoms with Crippen LogP contribution < -0.4 is 10.6 Å². The summed E-state index contributed by atoms with van der Waals surface area (Å²) in [5.74, 6) is -0.865. The van der Waals surface area contributed by atoms with Crippen molar-refractivity contribution in [1.29, 1.82) is 1.34 Å². The van der Waals surface area contributed by atoms with Gasteiger partial charge in [0.1, 0.15) is 12.1 Å². The van der Waals surface area contributed by atoms with Gasteiger partial charge in [0.25, 0.3) is 0 Å². The Bertz CT molecular complexity index is 1500. The number of urea groups is 2. The Morgan fingerprint density at radius 1 is 0.797 bits per heavy atom. The van der Waals surface area contributed by atoms with Gasteiger partial charge in [-0.3, -0.25) is 19.6 Å². The molecule has 22 heteroatoms. The third-order valence-electron chi connectivity index (χ3n) is 11.6. The van der Waals surface area contributed by atoms with Crippen molar-refractivity contribution in [2.75, 3.05) is 39.5 Å². The van der Waals surface area contributed by atoms with Crippen LogP contribution in [0.2, 0.25) is 0 Å². The van der Waals surface area contributed by atoms with Crippen LogP contribution in [0.4, 0.5) is 9.59 Å². The first-order chi connectivity index (χ1) is 27.7. The summed E-state index contributed by atoms with van der Waals surface area (Å²) in [5, 5.41) is 17.3. The fourth-order valence-electron chi connectivity index (χ4n) is 8.25. The molecule has 4 atom stereocenters. The van der Waals surface area contributed by atoms with Gasteiger partial charge in [-0.1, -0.05) is 38.5 Å². The molecule has 6 amide bonds. The summed E-state index contributed by atoms with van der Waals surface area (Å²) in [6.07, 6.45) is 15.6. The van der Waals surface area contributed by atoms with Crippen LogP contribution in [0.25, 0.3) is 0 Å². The number of piperidine rings is 2. The maximum absolute atomic E-state index is 12.8. The SMILES string of the molecule is C1CCOC1.CCOC(=O)C(C)(C)COS(=O)(=O)ON1C(=O)N2C[C@@H]1CC[C@H]2C(=O)NC1CCCCC1.O.O=C(NC1CCCCC1)[C@@H]1CC[C@@H]2CN1C(=O)N2O.[2H][B].[U]. The van der Waals surface area contributed by atoms with Crippen LogP contribution >= 0.6 is 0 Å². The van der Waals surface area contributed by atoms with Gasteiger partial charge >= 0.3 is 28.4 Å². The van der Waals surface area contributed by atoms with Crippen molar-refractivity contribution in [2.24, 2.45) is 5.41 Å². The molecule has 5 aliphatic heterocycles. The van der Waals surface area contributed by atoms with Crippen LogP contribution in [0.5, 0.6) is 0 Å². The molecule has 0 unspecified atom stereocenters. The van der Waals surface area contributed by atoms with Gasteiger partial charge < -0.3 is 35.4 Å². The van der Waals surface area contributed by atoms with Crippen LogP contribution in [0.15, 0.2) is 0 Å². The fraction of sp³-hybridized carbons (Fsp3) is 0.865. The smallest absolute Gasteiger partial charge is 0.421 e. The predicted molar refractivity (Wildman–Crippen MR) is 211 cm³/mol. The molecule has 2 aliphatic carbocycles. The maximum atomic E-state index is 12.8. The number of ether oxygens (including phenoxy) is 2. The Labute approximate surface area is 375 Å². The summed E-state index contributed by atoms with van der Waals surface area (Å²) < 4.78 is 49.6. The zero-order valence-corrected chi connectivity index (χ0v) is 39.7. The van der Waals surface area contributed by atoms with Gasteiger partial charge in [-0.25, -0.2) is 18.8 Å². The molecule has 5 N–H and O–H groups in total. The normalized spacial score (nSPS) is 25.7. The third-order valence-corrected chi connectivity index (χ3v) is 12.3. The van der Waals surface area contributed by atoms with E-state index in [-0.39, 0.29) is 79.7 Å². The van der Waals surface area contributed by atoms with E-state index in [2.05, 4.69) is 19.0 Å². The van der Waals surface area contributed by atoms with E-state index < -0.39 is 58.6 Å². The number of rotatable bonds is 11. The molecule has 0 aromatic carbocycles. The Morgan fingerprint density at radius 3 is 1.75 bits per heavy atom. The van der Waals surface area contributed by atoms with E-state index in [4.69, 9.17) is 19.3 Å². The molecule has 5 heterocycles. The van der Waals surface area contributed by atoms with Crippen molar-refractivity contribution < 1.29 is 92.1 Å². The standard InChI is InChI=1S/C20H33N3O8S.C13H21N3O3.C4H8O.BH.H2O.U/c1-4-29-18(25)20(2,3)13-30-32(27,28)31-23-15-10-11-16(22(12-15)19(23)26)17(24)21-14-8-6-5-7-9-14;17-12(14-9-4-2-1-3-5-9)11-7-6-10-8-15(11)13(18)16(10)19;1-2-4-5-3-1;;;/h14-16H,4-13H2,1-3H3,(H,21,24);9-11,19H,1-8H2,(H,14,17);1-4H2;1H;1H2;/t15-,16-;10-,11+;;;;/m01..../s1/i;;;1D;;. The Hall–Kier alpha value is -2.18. The molecule has 7 aliphatic rings. The predicted octanol–water partition coefficient (Wildman–Crippen LogP) is 1.90. The van der Waals surface area contributed by atoms with E-state index >= 15 is 0 Å². The van der Waals surface area contributed by atoms with E-state index in [0.717, 1.165) is 61.9 Å². The summed E-state index contributed by atoms with van der Waals surface area (Å²) in [7, 11) is -0.859. The molecule has 7 rings (SSSR count). The number of carbonyl (C=O) groups excluding carboxylic acids is 5. The second kappa shape index (κ2) is 24.5. The molecule has 0 spiro atoms. The minimum absolute atomic E-state index is 0. The number of hydroxylamine groups is 4. The number of hydrogen-bond acceptors (Lipinski definition) is 12. The van der Waals surface area contributed by atoms with Gasteiger partial charge in [-0.15, -0.1) is 4.28 Å². The Kier molecular flexibility index (Phi) is 21.2. The first-order valence-electron chi connectivity index (χ1n) is 21.1. The molecule has 59 heavy (non-hydrogen) atoms. The maximum Gasteiger partial charge on any atom is 0.421 e. The van der Waals surface area contributed by atoms with E-state index in [9.17, 15) is 37.6 Å². The van der Waals surface area contributed by atoms with Gasteiger partial charge in [0.05, 0.1) is 30.7 Å². The number of fused-ring (bicyclic) bond motifs is 4. The van der Waals surface area contributed by atoms with E-state index in [1.807, 2.05) is 0 Å². The Morgan fingerprint density at radius 2 is 1.27 bits per heavy atom. The molecule has 334 valence electrons. The van der Waals surface area contributed by atoms with E-state index in [0.29, 0.717) is 32.2 Å². The summed E-state index contributed by atoms with van der Waals surface area (Å²) in [4.78, 5) is 64.5. The topological polar surface area (TPSA) is 245 Å². The molecule has 2 saturated carbocycles. The zero-order chi connectivity index (χ0) is 42.5. The second-order valence-electron chi connectivity index (χ2n) is 16.4. The molecule has 2 radical (unpaired) electrons. The average Bonchev–Trinajstić information content (AvgIpc) is 3.94. The number of carbonyl (C=O) groups is 5. The van der Waals surface area contributed by atoms with E-state index in [1.54, 1.807) is 6.92 Å². The second-order valence-corrected chi connectivity index (χ2v) is 17.6. The van der Waals surface area contributed by atoms with Gasteiger partial charge in [0.2, 0.25) is 11.8 Å². The largest absolute Gasteiger partial charge is 0.466 e. The quantitative estimate of drug-likeness (QED) is 0.153. The molecular weight excluding hydrogens is 1020 g/mol. The van der Waals surface area contributed by atoms with Crippen molar-refractivity contribution in [1.82, 2.24) is 30.6 Å². The summed E-state index contributed by atoms with van der Waals surface area (Å²) >= 11 is 0. The zero-order valence-electron chi connectivity index (χ0n) is 35.7. The van der Waals surface area contributed by atoms with Crippen molar-refractivity contribution in [3.8, 4) is 0 Å². The molecule has 19 nitrogen and oxygen atoms in total. The van der Waals surface area contributed by atoms with Crippen LogP contribution in [0, 0.1) is 36.5 Å². The molecule has 7 fully saturated rings. The third kappa shape index (κ3) is 14.4. The van der Waals surface area contributed by atoms with Crippen LogP contribution in [0.3, 0.4) is 0 Å². The van der Waals surface area contributed by atoms with Crippen molar-refractivity contribution in [3.05, 3.63) is 0 Å². The molecule has 0 aromatic heterocycles. The van der Waals surface area contributed by atoms with Gasteiger partial charge in [-0.05, 0) is 86.3 Å². The van der Waals surface area contributed by atoms with Gasteiger partial charge in [-0.2, -0.15) is 13.5 Å². The summed E-state index contributed by atoms with van der Waals surface area (Å²) in [5.41, 5.74) is -1.22. The average molecular weight is 1080 g/mol. The van der Waals surface area contributed by atoms with Crippen molar-refractivity contribution in [3.63, 3.8) is 0 Å². The fourth-order valence-corrected chi connectivity index (χ4v) is 9.11. The van der Waals surface area contributed by atoms with Gasteiger partial charge in [0, 0.05) is 77.9 Å². The minimum Gasteiger partial charge on any atom is -0.466 e. The first kappa shape index (κ1) is 51.2. The van der Waals surface area contributed by atoms with Gasteiger partial charge in [0.15, 0.2) is 0 Å². The molecule has 0 aromatic rings. The summed E-state index contributed by atoms with van der Waals surface area (Å²) in [6, 6.07) is -2.41. The summed E-state index contributed by atoms with van der Waals surface area (Å²) in [6.45, 7) is 6.93. The minimum atomic E-state index is -4.61.